The van der Waals surface area contributed by atoms with E-state index in [2.05, 4.69) is 60.6 Å². The van der Waals surface area contributed by atoms with E-state index < -0.39 is 0 Å². The predicted molar refractivity (Wildman–Crippen MR) is 205 cm³/mol. The van der Waals surface area contributed by atoms with Gasteiger partial charge in [0.2, 0.25) is 17.8 Å². The Morgan fingerprint density at radius 3 is 2.75 bits per heavy atom. The number of anilines is 5. The van der Waals surface area contributed by atoms with Crippen LogP contribution in [0.5, 0.6) is 5.75 Å². The Kier molecular flexibility index (Phi) is 12.3. The minimum absolute atomic E-state index is 0.240. The van der Waals surface area contributed by atoms with Crippen LogP contribution < -0.4 is 30.9 Å². The number of piperazine rings is 1. The zero-order valence-electron chi connectivity index (χ0n) is 29.8. The highest BCUT2D eigenvalue weighted by molar-refractivity contribution is 6.32. The quantitative estimate of drug-likeness (QED) is 0.101. The molecule has 4 unspecified atom stereocenters. The van der Waals surface area contributed by atoms with Gasteiger partial charge in [0.15, 0.2) is 5.82 Å². The Balaban J connectivity index is 0.950. The molecule has 272 valence electrons. The molecule has 2 saturated carbocycles. The summed E-state index contributed by atoms with van der Waals surface area (Å²) in [6, 6.07) is 13.6. The van der Waals surface area contributed by atoms with Crippen molar-refractivity contribution >= 4 is 52.2 Å². The third-order valence-corrected chi connectivity index (χ3v) is 11.0. The number of halogens is 1. The second-order valence-electron chi connectivity index (χ2n) is 14.2. The number of nitrogens with zero attached hydrogens (tertiary/aromatic N) is 4. The van der Waals surface area contributed by atoms with Crippen LogP contribution in [0.15, 0.2) is 61.3 Å². The van der Waals surface area contributed by atoms with Crippen molar-refractivity contribution in [3.05, 3.63) is 71.9 Å². The van der Waals surface area contributed by atoms with Crippen LogP contribution in [-0.2, 0) is 16.1 Å². The van der Waals surface area contributed by atoms with Crippen molar-refractivity contribution in [2.24, 2.45) is 23.7 Å². The van der Waals surface area contributed by atoms with Gasteiger partial charge in [0, 0.05) is 63.1 Å². The number of rotatable bonds is 15. The first-order valence-electron chi connectivity index (χ1n) is 18.3. The molecule has 1 aromatic heterocycles. The average molecular weight is 715 g/mol. The van der Waals surface area contributed by atoms with Crippen molar-refractivity contribution in [2.75, 3.05) is 67.2 Å². The molecule has 0 radical (unpaired) electrons. The molecule has 51 heavy (non-hydrogen) atoms. The Morgan fingerprint density at radius 2 is 1.94 bits per heavy atom. The maximum absolute atomic E-state index is 12.7. The lowest BCUT2D eigenvalue weighted by Gasteiger charge is -2.36. The normalized spacial score (nSPS) is 21.5. The van der Waals surface area contributed by atoms with Crippen LogP contribution in [0.1, 0.15) is 51.0 Å². The number of carbonyl (C=O) groups excluding carboxylic acids is 2. The lowest BCUT2D eigenvalue weighted by Crippen LogP contribution is -2.47. The summed E-state index contributed by atoms with van der Waals surface area (Å²) in [5.41, 5.74) is 3.45. The molecule has 2 amide bonds. The van der Waals surface area contributed by atoms with E-state index in [4.69, 9.17) is 16.3 Å². The first-order valence-corrected chi connectivity index (χ1v) is 18.6. The van der Waals surface area contributed by atoms with Crippen LogP contribution >= 0.6 is 11.6 Å². The minimum Gasteiger partial charge on any atom is -0.494 e. The lowest BCUT2D eigenvalue weighted by atomic mass is 9.71. The standard InChI is InChI=1S/C39H51ClN8O3/c1-4-36(49)44-30-8-5-7-28(21-30)24-42-38-33(40)25-43-39(46-38)45-34-12-11-31(22-35(34)51-3)48-17-15-47(16-18-48)14-6-13-41-37(50)23-32-26(2)19-27-9-10-29(32)20-27/h4-5,7-8,11-12,21-22,25-27,29,32H,1,6,9-10,13-20,23-24H2,2-3H3,(H,41,50)(H,44,49)(H2,42,43,45,46). The van der Waals surface area contributed by atoms with Gasteiger partial charge in [-0.2, -0.15) is 4.98 Å². The highest BCUT2D eigenvalue weighted by atomic mass is 35.5. The molecular weight excluding hydrogens is 664 g/mol. The smallest absolute Gasteiger partial charge is 0.247 e. The first-order chi connectivity index (χ1) is 24.8. The van der Waals surface area contributed by atoms with Crippen LogP contribution in [0.2, 0.25) is 5.02 Å². The maximum atomic E-state index is 12.7. The molecule has 3 fully saturated rings. The summed E-state index contributed by atoms with van der Waals surface area (Å²) in [4.78, 5) is 38.2. The van der Waals surface area contributed by atoms with Crippen LogP contribution in [-0.4, -0.2) is 73.1 Å². The first kappa shape index (κ1) is 36.4. The topological polar surface area (TPSA) is 124 Å². The molecule has 11 nitrogen and oxygen atoms in total. The van der Waals surface area contributed by atoms with Gasteiger partial charge in [-0.25, -0.2) is 4.98 Å². The SMILES string of the molecule is C=CC(=O)Nc1cccc(CNc2nc(Nc3ccc(N4CCN(CCCNC(=O)CC5C(C)CC6CCC5C6)CC4)cc3OC)ncc2Cl)c1. The van der Waals surface area contributed by atoms with Gasteiger partial charge in [-0.3, -0.25) is 14.5 Å². The van der Waals surface area contributed by atoms with E-state index in [0.29, 0.717) is 53.0 Å². The van der Waals surface area contributed by atoms with Crippen molar-refractivity contribution in [3.63, 3.8) is 0 Å². The van der Waals surface area contributed by atoms with E-state index in [1.165, 1.54) is 31.8 Å². The molecule has 4 atom stereocenters. The van der Waals surface area contributed by atoms with Crippen molar-refractivity contribution in [1.29, 1.82) is 0 Å². The third kappa shape index (κ3) is 9.71. The van der Waals surface area contributed by atoms with Crippen molar-refractivity contribution in [2.45, 2.75) is 52.0 Å². The molecule has 3 aromatic rings. The average Bonchev–Trinajstić information content (AvgIpc) is 3.55. The number of hydrogen-bond donors (Lipinski definition) is 4. The second kappa shape index (κ2) is 17.2. The van der Waals surface area contributed by atoms with E-state index in [-0.39, 0.29) is 11.8 Å². The van der Waals surface area contributed by atoms with Crippen molar-refractivity contribution < 1.29 is 14.3 Å². The molecule has 12 heteroatoms. The lowest BCUT2D eigenvalue weighted by molar-refractivity contribution is -0.123. The van der Waals surface area contributed by atoms with Gasteiger partial charge < -0.3 is 30.9 Å². The number of methoxy groups -OCH3 is 1. The Hall–Kier alpha value is -4.35. The fraction of sp³-hybridized carbons (Fsp3) is 0.487. The summed E-state index contributed by atoms with van der Waals surface area (Å²) < 4.78 is 5.76. The van der Waals surface area contributed by atoms with Crippen molar-refractivity contribution in [1.82, 2.24) is 20.2 Å². The summed E-state index contributed by atoms with van der Waals surface area (Å²) in [6.07, 6.45) is 9.81. The zero-order valence-corrected chi connectivity index (χ0v) is 30.6. The molecule has 3 aliphatic rings. The van der Waals surface area contributed by atoms with Gasteiger partial charge in [0.1, 0.15) is 10.8 Å². The van der Waals surface area contributed by atoms with Crippen LogP contribution in [0, 0.1) is 23.7 Å². The molecule has 2 heterocycles. The highest BCUT2D eigenvalue weighted by Crippen LogP contribution is 2.49. The summed E-state index contributed by atoms with van der Waals surface area (Å²) >= 11 is 6.42. The number of nitrogens with one attached hydrogen (secondary N) is 4. The van der Waals surface area contributed by atoms with E-state index in [1.54, 1.807) is 13.3 Å². The van der Waals surface area contributed by atoms with E-state index in [1.807, 2.05) is 36.4 Å². The van der Waals surface area contributed by atoms with Crippen molar-refractivity contribution in [3.8, 4) is 5.75 Å². The third-order valence-electron chi connectivity index (χ3n) is 10.8. The maximum Gasteiger partial charge on any atom is 0.247 e. The molecular formula is C39H51ClN8O3. The number of aromatic nitrogens is 2. The fourth-order valence-corrected chi connectivity index (χ4v) is 8.24. The monoisotopic (exact) mass is 714 g/mol. The van der Waals surface area contributed by atoms with Gasteiger partial charge in [-0.05, 0) is 91.8 Å². The molecule has 2 bridgehead atoms. The molecule has 4 N–H and O–H groups in total. The van der Waals surface area contributed by atoms with Gasteiger partial charge in [-0.1, -0.05) is 43.7 Å². The number of ether oxygens (including phenoxy) is 1. The Bertz CT molecular complexity index is 1680. The second-order valence-corrected chi connectivity index (χ2v) is 14.6. The van der Waals surface area contributed by atoms with Crippen LogP contribution in [0.3, 0.4) is 0 Å². The van der Waals surface area contributed by atoms with Gasteiger partial charge in [0.25, 0.3) is 0 Å². The fourth-order valence-electron chi connectivity index (χ4n) is 8.09. The molecule has 1 saturated heterocycles. The molecule has 6 rings (SSSR count). The number of amides is 2. The minimum atomic E-state index is -0.268. The Morgan fingerprint density at radius 1 is 1.10 bits per heavy atom. The Labute approximate surface area is 306 Å². The van der Waals surface area contributed by atoms with Crippen LogP contribution in [0.25, 0.3) is 0 Å². The number of carbonyl (C=O) groups is 2. The van der Waals surface area contributed by atoms with Gasteiger partial charge >= 0.3 is 0 Å². The van der Waals surface area contributed by atoms with E-state index in [9.17, 15) is 9.59 Å². The van der Waals surface area contributed by atoms with Gasteiger partial charge in [-0.15, -0.1) is 0 Å². The number of benzene rings is 2. The highest BCUT2D eigenvalue weighted by Gasteiger charge is 2.40. The summed E-state index contributed by atoms with van der Waals surface area (Å²) in [5, 5.41) is 12.9. The largest absolute Gasteiger partial charge is 0.494 e. The summed E-state index contributed by atoms with van der Waals surface area (Å²) in [7, 11) is 1.65. The summed E-state index contributed by atoms with van der Waals surface area (Å²) in [5.74, 6) is 4.45. The molecule has 0 spiro atoms. The number of hydrogen-bond acceptors (Lipinski definition) is 9. The molecule has 2 aromatic carbocycles. The zero-order chi connectivity index (χ0) is 35.7. The van der Waals surface area contributed by atoms with E-state index in [0.717, 1.165) is 74.5 Å². The number of fused-ring (bicyclic) bond motifs is 2. The van der Waals surface area contributed by atoms with Gasteiger partial charge in [0.05, 0.1) is 19.0 Å². The predicted octanol–water partition coefficient (Wildman–Crippen LogP) is 6.71. The van der Waals surface area contributed by atoms with Crippen LogP contribution in [0.4, 0.5) is 28.8 Å². The molecule has 1 aliphatic heterocycles. The molecule has 2 aliphatic carbocycles. The summed E-state index contributed by atoms with van der Waals surface area (Å²) in [6.45, 7) is 11.8. The van der Waals surface area contributed by atoms with E-state index >= 15 is 0 Å².